The van der Waals surface area contributed by atoms with Crippen molar-refractivity contribution >= 4 is 34.2 Å². The van der Waals surface area contributed by atoms with Gasteiger partial charge in [0, 0.05) is 10.9 Å². The number of anilines is 1. The molecule has 2 N–H and O–H groups in total. The average Bonchev–Trinajstić information content (AvgIpc) is 2.99. The third-order valence-corrected chi connectivity index (χ3v) is 3.92. The van der Waals surface area contributed by atoms with Gasteiger partial charge in [0.1, 0.15) is 11.3 Å². The SMILES string of the molecule is CCOc1cccc(/C=N/Nc2nnc3c(n2)[nH]c2ccc(C)cc23)c1. The van der Waals surface area contributed by atoms with Gasteiger partial charge in [0.25, 0.3) is 5.95 Å². The second kappa shape index (κ2) is 6.79. The Bertz CT molecular complexity index is 1100. The molecule has 0 saturated carbocycles. The molecule has 0 aliphatic heterocycles. The van der Waals surface area contributed by atoms with Crippen molar-refractivity contribution in [2.45, 2.75) is 13.8 Å². The van der Waals surface area contributed by atoms with Crippen LogP contribution in [0.2, 0.25) is 0 Å². The molecule has 2 heterocycles. The fraction of sp³-hybridized carbons (Fsp3) is 0.158. The van der Waals surface area contributed by atoms with Gasteiger partial charge in [-0.1, -0.05) is 23.8 Å². The van der Waals surface area contributed by atoms with Crippen LogP contribution in [0.15, 0.2) is 47.6 Å². The number of benzene rings is 2. The number of nitrogens with one attached hydrogen (secondary N) is 2. The third-order valence-electron chi connectivity index (χ3n) is 3.92. The van der Waals surface area contributed by atoms with Gasteiger partial charge in [0.15, 0.2) is 5.65 Å². The van der Waals surface area contributed by atoms with Crippen molar-refractivity contribution in [2.24, 2.45) is 5.10 Å². The number of aromatic nitrogens is 4. The quantitative estimate of drug-likeness (QED) is 0.425. The van der Waals surface area contributed by atoms with Gasteiger partial charge in [-0.3, -0.25) is 0 Å². The van der Waals surface area contributed by atoms with E-state index in [9.17, 15) is 0 Å². The Hall–Kier alpha value is -3.48. The maximum atomic E-state index is 5.48. The molecule has 0 aliphatic carbocycles. The molecule has 0 unspecified atom stereocenters. The number of H-pyrrole nitrogens is 1. The highest BCUT2D eigenvalue weighted by atomic mass is 16.5. The van der Waals surface area contributed by atoms with Crippen LogP contribution in [0.3, 0.4) is 0 Å². The minimum absolute atomic E-state index is 0.331. The molecule has 7 nitrogen and oxygen atoms in total. The van der Waals surface area contributed by atoms with E-state index in [1.54, 1.807) is 6.21 Å². The van der Waals surface area contributed by atoms with Crippen LogP contribution < -0.4 is 10.2 Å². The first-order valence-electron chi connectivity index (χ1n) is 8.37. The molecule has 26 heavy (non-hydrogen) atoms. The molecule has 0 aliphatic rings. The van der Waals surface area contributed by atoms with Crippen molar-refractivity contribution in [1.29, 1.82) is 0 Å². The number of aromatic amines is 1. The highest BCUT2D eigenvalue weighted by molar-refractivity contribution is 6.03. The lowest BCUT2D eigenvalue weighted by Crippen LogP contribution is -1.99. The van der Waals surface area contributed by atoms with Crippen LogP contribution >= 0.6 is 0 Å². The van der Waals surface area contributed by atoms with Gasteiger partial charge in [-0.2, -0.15) is 10.1 Å². The number of ether oxygens (including phenoxy) is 1. The summed E-state index contributed by atoms with van der Waals surface area (Å²) in [5.41, 5.74) is 7.32. The summed E-state index contributed by atoms with van der Waals surface area (Å²) >= 11 is 0. The lowest BCUT2D eigenvalue weighted by atomic mass is 10.2. The minimum Gasteiger partial charge on any atom is -0.494 e. The Labute approximate surface area is 150 Å². The Kier molecular flexibility index (Phi) is 4.18. The smallest absolute Gasteiger partial charge is 0.265 e. The zero-order valence-electron chi connectivity index (χ0n) is 14.5. The number of fused-ring (bicyclic) bond motifs is 3. The second-order valence-corrected chi connectivity index (χ2v) is 5.88. The monoisotopic (exact) mass is 346 g/mol. The first-order chi connectivity index (χ1) is 12.7. The van der Waals surface area contributed by atoms with Gasteiger partial charge in [-0.05, 0) is 43.7 Å². The van der Waals surface area contributed by atoms with E-state index in [1.165, 1.54) is 5.56 Å². The van der Waals surface area contributed by atoms with Gasteiger partial charge < -0.3 is 9.72 Å². The maximum absolute atomic E-state index is 5.48. The topological polar surface area (TPSA) is 88.1 Å². The summed E-state index contributed by atoms with van der Waals surface area (Å²) in [5.74, 6) is 1.14. The molecule has 7 heteroatoms. The number of aryl methyl sites for hydroxylation is 1. The van der Waals surface area contributed by atoms with Crippen LogP contribution in [0.5, 0.6) is 5.75 Å². The largest absolute Gasteiger partial charge is 0.494 e. The summed E-state index contributed by atoms with van der Waals surface area (Å²) in [6.45, 7) is 4.63. The molecule has 0 radical (unpaired) electrons. The van der Waals surface area contributed by atoms with Crippen LogP contribution in [-0.4, -0.2) is 33.0 Å². The van der Waals surface area contributed by atoms with Crippen LogP contribution in [0.4, 0.5) is 5.95 Å². The summed E-state index contributed by atoms with van der Waals surface area (Å²) in [6.07, 6.45) is 1.69. The fourth-order valence-electron chi connectivity index (χ4n) is 2.75. The molecule has 2 aromatic carbocycles. The van der Waals surface area contributed by atoms with Gasteiger partial charge in [0.2, 0.25) is 0 Å². The van der Waals surface area contributed by atoms with Crippen molar-refractivity contribution < 1.29 is 4.74 Å². The Balaban J connectivity index is 1.55. The van der Waals surface area contributed by atoms with Crippen molar-refractivity contribution in [2.75, 3.05) is 12.0 Å². The number of hydrogen-bond donors (Lipinski definition) is 2. The van der Waals surface area contributed by atoms with E-state index in [1.807, 2.05) is 50.2 Å². The minimum atomic E-state index is 0.331. The molecular formula is C19H18N6O. The average molecular weight is 346 g/mol. The first-order valence-corrected chi connectivity index (χ1v) is 8.37. The molecule has 2 aromatic heterocycles. The third kappa shape index (κ3) is 3.19. The van der Waals surface area contributed by atoms with Crippen molar-refractivity contribution in [3.63, 3.8) is 0 Å². The lowest BCUT2D eigenvalue weighted by molar-refractivity contribution is 0.340. The molecule has 0 spiro atoms. The molecule has 130 valence electrons. The predicted octanol–water partition coefficient (Wildman–Crippen LogP) is 3.66. The van der Waals surface area contributed by atoms with Crippen LogP contribution in [-0.2, 0) is 0 Å². The van der Waals surface area contributed by atoms with E-state index in [2.05, 4.69) is 36.8 Å². The highest BCUT2D eigenvalue weighted by Gasteiger charge is 2.08. The summed E-state index contributed by atoms with van der Waals surface area (Å²) in [4.78, 5) is 7.69. The molecule has 0 atom stereocenters. The molecule has 0 bridgehead atoms. The summed E-state index contributed by atoms with van der Waals surface area (Å²) < 4.78 is 5.48. The molecule has 0 saturated heterocycles. The summed E-state index contributed by atoms with van der Waals surface area (Å²) in [7, 11) is 0. The normalized spacial score (nSPS) is 11.5. The van der Waals surface area contributed by atoms with E-state index in [4.69, 9.17) is 4.74 Å². The molecule has 4 aromatic rings. The van der Waals surface area contributed by atoms with E-state index in [0.29, 0.717) is 18.2 Å². The van der Waals surface area contributed by atoms with Crippen LogP contribution in [0.1, 0.15) is 18.1 Å². The van der Waals surface area contributed by atoms with E-state index in [0.717, 1.165) is 27.7 Å². The number of hydrogen-bond acceptors (Lipinski definition) is 6. The standard InChI is InChI=1S/C19H18N6O/c1-3-26-14-6-4-5-13(10-14)11-20-24-19-22-18-17(23-25-19)15-9-12(2)7-8-16(15)21-18/h4-11H,3H2,1-2H3,(H2,21,22,24,25)/b20-11+. The highest BCUT2D eigenvalue weighted by Crippen LogP contribution is 2.23. The number of rotatable bonds is 5. The van der Waals surface area contributed by atoms with Gasteiger partial charge in [0.05, 0.1) is 12.8 Å². The molecular weight excluding hydrogens is 328 g/mol. The van der Waals surface area contributed by atoms with Gasteiger partial charge >= 0.3 is 0 Å². The Morgan fingerprint density at radius 2 is 2.12 bits per heavy atom. The summed E-state index contributed by atoms with van der Waals surface area (Å²) in [6, 6.07) is 13.8. The van der Waals surface area contributed by atoms with Crippen molar-refractivity contribution in [1.82, 2.24) is 20.2 Å². The van der Waals surface area contributed by atoms with Crippen LogP contribution in [0, 0.1) is 6.92 Å². The van der Waals surface area contributed by atoms with Crippen molar-refractivity contribution in [3.8, 4) is 5.75 Å². The number of nitrogens with zero attached hydrogens (tertiary/aromatic N) is 4. The predicted molar refractivity (Wildman–Crippen MR) is 103 cm³/mol. The maximum Gasteiger partial charge on any atom is 0.265 e. The second-order valence-electron chi connectivity index (χ2n) is 5.88. The van der Waals surface area contributed by atoms with Gasteiger partial charge in [-0.25, -0.2) is 5.43 Å². The van der Waals surface area contributed by atoms with E-state index in [-0.39, 0.29) is 0 Å². The number of hydrazone groups is 1. The van der Waals surface area contributed by atoms with Crippen LogP contribution in [0.25, 0.3) is 22.1 Å². The fourth-order valence-corrected chi connectivity index (χ4v) is 2.75. The first kappa shape index (κ1) is 16.0. The van der Waals surface area contributed by atoms with E-state index < -0.39 is 0 Å². The Morgan fingerprint density at radius 3 is 3.00 bits per heavy atom. The lowest BCUT2D eigenvalue weighted by Gasteiger charge is -2.02. The van der Waals surface area contributed by atoms with Crippen molar-refractivity contribution in [3.05, 3.63) is 53.6 Å². The zero-order chi connectivity index (χ0) is 17.9. The molecule has 4 rings (SSSR count). The summed E-state index contributed by atoms with van der Waals surface area (Å²) in [5, 5.41) is 13.6. The zero-order valence-corrected chi connectivity index (χ0v) is 14.5. The Morgan fingerprint density at radius 1 is 1.19 bits per heavy atom. The van der Waals surface area contributed by atoms with Gasteiger partial charge in [-0.15, -0.1) is 10.2 Å². The van der Waals surface area contributed by atoms with E-state index >= 15 is 0 Å². The molecule has 0 fully saturated rings. The molecule has 0 amide bonds.